The highest BCUT2D eigenvalue weighted by atomic mass is 16.4. The average Bonchev–Trinajstić information content (AvgIpc) is 2.91. The first-order chi connectivity index (χ1) is 8.27. The lowest BCUT2D eigenvalue weighted by molar-refractivity contribution is -0.142. The first-order valence-corrected chi connectivity index (χ1v) is 6.64. The molecule has 1 aliphatic carbocycles. The number of allylic oxidation sites excluding steroid dienone is 2. The Labute approximate surface area is 102 Å². The second-order valence-corrected chi connectivity index (χ2v) is 5.33. The van der Waals surface area contributed by atoms with Crippen LogP contribution >= 0.6 is 0 Å². The molecule has 3 heteroatoms. The van der Waals surface area contributed by atoms with Crippen molar-refractivity contribution in [2.24, 2.45) is 0 Å². The van der Waals surface area contributed by atoms with Gasteiger partial charge in [-0.25, -0.2) is 0 Å². The summed E-state index contributed by atoms with van der Waals surface area (Å²) >= 11 is 0. The normalized spacial score (nSPS) is 33.8. The molecule has 0 saturated carbocycles. The van der Waals surface area contributed by atoms with E-state index in [4.69, 9.17) is 0 Å². The second kappa shape index (κ2) is 4.30. The SMILES string of the molecule is O=C(O)C(C1=CCCC=C1)N1C2CCC1CC2. The number of nitrogens with zero attached hydrogens (tertiary/aromatic N) is 1. The fraction of sp³-hybridized carbons (Fsp3) is 0.643. The van der Waals surface area contributed by atoms with Crippen molar-refractivity contribution in [3.05, 3.63) is 23.8 Å². The van der Waals surface area contributed by atoms with Gasteiger partial charge in [-0.1, -0.05) is 18.2 Å². The highest BCUT2D eigenvalue weighted by Crippen LogP contribution is 2.40. The van der Waals surface area contributed by atoms with Crippen LogP contribution in [-0.2, 0) is 4.79 Å². The molecule has 0 spiro atoms. The number of hydrogen-bond donors (Lipinski definition) is 1. The van der Waals surface area contributed by atoms with Gasteiger partial charge in [0.2, 0.25) is 0 Å². The van der Waals surface area contributed by atoms with E-state index >= 15 is 0 Å². The van der Waals surface area contributed by atoms with E-state index in [1.165, 1.54) is 25.7 Å². The largest absolute Gasteiger partial charge is 0.480 e. The molecule has 0 aromatic carbocycles. The minimum absolute atomic E-state index is 0.397. The van der Waals surface area contributed by atoms with Crippen molar-refractivity contribution in [2.45, 2.75) is 56.7 Å². The maximum absolute atomic E-state index is 11.6. The molecule has 0 aromatic heterocycles. The van der Waals surface area contributed by atoms with E-state index in [1.54, 1.807) is 0 Å². The molecule has 2 heterocycles. The number of aliphatic carboxylic acids is 1. The van der Waals surface area contributed by atoms with Crippen molar-refractivity contribution < 1.29 is 9.90 Å². The van der Waals surface area contributed by atoms with Crippen LogP contribution < -0.4 is 0 Å². The van der Waals surface area contributed by atoms with Crippen molar-refractivity contribution in [1.82, 2.24) is 4.90 Å². The van der Waals surface area contributed by atoms with Crippen LogP contribution in [0.1, 0.15) is 38.5 Å². The van der Waals surface area contributed by atoms with Crippen LogP contribution in [0.25, 0.3) is 0 Å². The van der Waals surface area contributed by atoms with Gasteiger partial charge in [-0.3, -0.25) is 9.69 Å². The quantitative estimate of drug-likeness (QED) is 0.813. The molecule has 3 rings (SSSR count). The Morgan fingerprint density at radius 1 is 1.24 bits per heavy atom. The summed E-state index contributed by atoms with van der Waals surface area (Å²) in [5.41, 5.74) is 1.00. The fourth-order valence-corrected chi connectivity index (χ4v) is 3.65. The van der Waals surface area contributed by atoms with Crippen LogP contribution in [0.5, 0.6) is 0 Å². The van der Waals surface area contributed by atoms with Gasteiger partial charge in [0.1, 0.15) is 6.04 Å². The summed E-state index contributed by atoms with van der Waals surface area (Å²) in [6.45, 7) is 0. The zero-order valence-corrected chi connectivity index (χ0v) is 10.0. The van der Waals surface area contributed by atoms with Crippen LogP contribution in [-0.4, -0.2) is 34.1 Å². The average molecular weight is 233 g/mol. The number of rotatable bonds is 3. The van der Waals surface area contributed by atoms with Crippen molar-refractivity contribution >= 4 is 5.97 Å². The van der Waals surface area contributed by atoms with Crippen LogP contribution in [0.3, 0.4) is 0 Å². The first-order valence-electron chi connectivity index (χ1n) is 6.64. The molecule has 92 valence electrons. The highest BCUT2D eigenvalue weighted by molar-refractivity contribution is 5.79. The van der Waals surface area contributed by atoms with Gasteiger partial charge in [-0.05, 0) is 44.1 Å². The van der Waals surface area contributed by atoms with Gasteiger partial charge in [0, 0.05) is 12.1 Å². The Hall–Kier alpha value is -1.09. The summed E-state index contributed by atoms with van der Waals surface area (Å²) in [6, 6.07) is 0.626. The molecule has 0 aromatic rings. The van der Waals surface area contributed by atoms with E-state index < -0.39 is 12.0 Å². The van der Waals surface area contributed by atoms with E-state index in [9.17, 15) is 9.90 Å². The summed E-state index contributed by atoms with van der Waals surface area (Å²) in [6.07, 6.45) is 13.0. The first kappa shape index (κ1) is 11.0. The van der Waals surface area contributed by atoms with Gasteiger partial charge in [0.25, 0.3) is 0 Å². The molecule has 2 fully saturated rings. The topological polar surface area (TPSA) is 40.5 Å². The van der Waals surface area contributed by atoms with Crippen molar-refractivity contribution in [3.8, 4) is 0 Å². The van der Waals surface area contributed by atoms with Crippen molar-refractivity contribution in [1.29, 1.82) is 0 Å². The molecule has 1 N–H and O–H groups in total. The second-order valence-electron chi connectivity index (χ2n) is 5.33. The minimum atomic E-state index is -0.679. The Bertz CT molecular complexity index is 366. The molecule has 0 amide bonds. The van der Waals surface area contributed by atoms with Crippen molar-refractivity contribution in [3.63, 3.8) is 0 Å². The molecule has 1 unspecified atom stereocenters. The fourth-order valence-electron chi connectivity index (χ4n) is 3.65. The van der Waals surface area contributed by atoms with E-state index in [0.29, 0.717) is 12.1 Å². The Morgan fingerprint density at radius 2 is 1.88 bits per heavy atom. The molecule has 17 heavy (non-hydrogen) atoms. The lowest BCUT2D eigenvalue weighted by Gasteiger charge is -2.30. The summed E-state index contributed by atoms with van der Waals surface area (Å²) in [7, 11) is 0. The standard InChI is InChI=1S/C14H19NO2/c16-14(17)13(10-4-2-1-3-5-10)15-11-6-7-12(15)9-8-11/h2,4-5,11-13H,1,3,6-9H2,(H,16,17). The maximum atomic E-state index is 11.6. The summed E-state index contributed by atoms with van der Waals surface area (Å²) in [4.78, 5) is 13.9. The molecule has 2 saturated heterocycles. The van der Waals surface area contributed by atoms with E-state index in [2.05, 4.69) is 17.1 Å². The number of carboxylic acid groups (broad SMARTS) is 1. The molecule has 1 atom stereocenters. The van der Waals surface area contributed by atoms with Crippen LogP contribution in [0, 0.1) is 0 Å². The minimum Gasteiger partial charge on any atom is -0.480 e. The van der Waals surface area contributed by atoms with Crippen LogP contribution in [0.4, 0.5) is 0 Å². The molecular formula is C14H19NO2. The number of carbonyl (C=O) groups is 1. The van der Waals surface area contributed by atoms with E-state index in [-0.39, 0.29) is 0 Å². The lowest BCUT2D eigenvalue weighted by atomic mass is 9.98. The smallest absolute Gasteiger partial charge is 0.325 e. The Balaban J connectivity index is 1.88. The van der Waals surface area contributed by atoms with Crippen LogP contribution in [0.2, 0.25) is 0 Å². The molecule has 2 aliphatic heterocycles. The summed E-state index contributed by atoms with van der Waals surface area (Å²) in [5.74, 6) is -0.679. The lowest BCUT2D eigenvalue weighted by Crippen LogP contribution is -2.45. The van der Waals surface area contributed by atoms with E-state index in [1.807, 2.05) is 6.08 Å². The molecule has 0 radical (unpaired) electrons. The molecular weight excluding hydrogens is 214 g/mol. The van der Waals surface area contributed by atoms with Gasteiger partial charge in [0.15, 0.2) is 0 Å². The molecule has 3 aliphatic rings. The third-order valence-electron chi connectivity index (χ3n) is 4.38. The zero-order valence-electron chi connectivity index (χ0n) is 10.0. The zero-order chi connectivity index (χ0) is 11.8. The monoisotopic (exact) mass is 233 g/mol. The van der Waals surface area contributed by atoms with E-state index in [0.717, 1.165) is 18.4 Å². The molecule has 3 nitrogen and oxygen atoms in total. The predicted molar refractivity (Wildman–Crippen MR) is 65.8 cm³/mol. The molecule has 2 bridgehead atoms. The third kappa shape index (κ3) is 1.82. The summed E-state index contributed by atoms with van der Waals surface area (Å²) < 4.78 is 0. The third-order valence-corrected chi connectivity index (χ3v) is 4.38. The van der Waals surface area contributed by atoms with Gasteiger partial charge in [-0.2, -0.15) is 0 Å². The van der Waals surface area contributed by atoms with Crippen molar-refractivity contribution in [2.75, 3.05) is 0 Å². The van der Waals surface area contributed by atoms with Gasteiger partial charge in [-0.15, -0.1) is 0 Å². The predicted octanol–water partition coefficient (Wildman–Crippen LogP) is 2.34. The Kier molecular flexibility index (Phi) is 2.79. The van der Waals surface area contributed by atoms with Gasteiger partial charge >= 0.3 is 5.97 Å². The number of hydrogen-bond acceptors (Lipinski definition) is 2. The number of carboxylic acids is 1. The summed E-state index contributed by atoms with van der Waals surface area (Å²) in [5, 5.41) is 9.53. The van der Waals surface area contributed by atoms with Gasteiger partial charge < -0.3 is 5.11 Å². The van der Waals surface area contributed by atoms with Crippen LogP contribution in [0.15, 0.2) is 23.8 Å². The maximum Gasteiger partial charge on any atom is 0.325 e. The Morgan fingerprint density at radius 3 is 2.35 bits per heavy atom. The highest BCUT2D eigenvalue weighted by Gasteiger charge is 2.46. The number of fused-ring (bicyclic) bond motifs is 2. The van der Waals surface area contributed by atoms with Gasteiger partial charge in [0.05, 0.1) is 0 Å².